The third kappa shape index (κ3) is 2.79. The van der Waals surface area contributed by atoms with Crippen LogP contribution in [0.25, 0.3) is 0 Å². The molecule has 0 saturated heterocycles. The summed E-state index contributed by atoms with van der Waals surface area (Å²) >= 11 is 0. The average molecular weight is 307 g/mol. The molecule has 0 spiro atoms. The second-order valence-corrected chi connectivity index (χ2v) is 6.75. The van der Waals surface area contributed by atoms with Gasteiger partial charge in [-0.1, -0.05) is 32.0 Å². The predicted octanol–water partition coefficient (Wildman–Crippen LogP) is 3.16. The van der Waals surface area contributed by atoms with Crippen molar-refractivity contribution in [1.82, 2.24) is 0 Å². The summed E-state index contributed by atoms with van der Waals surface area (Å²) in [6.07, 6.45) is 5.73. The molecular formula is C20H23N2O+. The van der Waals surface area contributed by atoms with Crippen molar-refractivity contribution in [2.24, 2.45) is 0 Å². The van der Waals surface area contributed by atoms with E-state index in [0.717, 1.165) is 11.3 Å². The van der Waals surface area contributed by atoms with Gasteiger partial charge in [-0.3, -0.25) is 4.79 Å². The lowest BCUT2D eigenvalue weighted by Crippen LogP contribution is -2.37. The molecule has 118 valence electrons. The fourth-order valence-electron chi connectivity index (χ4n) is 3.39. The van der Waals surface area contributed by atoms with Gasteiger partial charge in [-0.05, 0) is 24.6 Å². The van der Waals surface area contributed by atoms with Crippen molar-refractivity contribution in [3.05, 3.63) is 71.7 Å². The SMILES string of the molecule is Cc1ccc[n+](CC(=O)/C=C2/N(C)c3ccccc3C2(C)C)c1. The summed E-state index contributed by atoms with van der Waals surface area (Å²) in [5.74, 6) is 0.114. The number of carbonyl (C=O) groups is 1. The molecule has 0 amide bonds. The number of aromatic nitrogens is 1. The van der Waals surface area contributed by atoms with Crippen LogP contribution in [0.2, 0.25) is 0 Å². The molecule has 0 bridgehead atoms. The number of para-hydroxylation sites is 1. The molecule has 1 aliphatic rings. The van der Waals surface area contributed by atoms with Gasteiger partial charge in [0.2, 0.25) is 12.3 Å². The van der Waals surface area contributed by atoms with Gasteiger partial charge >= 0.3 is 0 Å². The van der Waals surface area contributed by atoms with Crippen LogP contribution in [0.5, 0.6) is 0 Å². The highest BCUT2D eigenvalue weighted by molar-refractivity contribution is 5.91. The largest absolute Gasteiger partial charge is 0.347 e. The Kier molecular flexibility index (Phi) is 3.80. The number of aryl methyl sites for hydroxylation is 1. The van der Waals surface area contributed by atoms with Crippen LogP contribution in [0, 0.1) is 6.92 Å². The van der Waals surface area contributed by atoms with Crippen LogP contribution in [0.3, 0.4) is 0 Å². The first-order valence-corrected chi connectivity index (χ1v) is 7.93. The molecule has 0 N–H and O–H groups in total. The number of carbonyl (C=O) groups excluding carboxylic acids is 1. The van der Waals surface area contributed by atoms with Gasteiger partial charge < -0.3 is 4.90 Å². The second kappa shape index (κ2) is 5.65. The number of anilines is 1. The standard InChI is InChI=1S/C20H23N2O/c1-15-8-7-11-22(13-15)14-16(23)12-19-20(2,3)17-9-5-6-10-18(17)21(19)4/h5-13H,14H2,1-4H3/q+1/b19-12+. The third-order valence-electron chi connectivity index (χ3n) is 4.58. The van der Waals surface area contributed by atoms with Crippen molar-refractivity contribution < 1.29 is 9.36 Å². The zero-order valence-electron chi connectivity index (χ0n) is 14.2. The lowest BCUT2D eigenvalue weighted by atomic mass is 9.83. The van der Waals surface area contributed by atoms with Crippen LogP contribution >= 0.6 is 0 Å². The first-order chi connectivity index (χ1) is 10.9. The van der Waals surface area contributed by atoms with E-state index in [4.69, 9.17) is 0 Å². The van der Waals surface area contributed by atoms with Crippen molar-refractivity contribution in [3.63, 3.8) is 0 Å². The van der Waals surface area contributed by atoms with Gasteiger partial charge in [0.15, 0.2) is 12.4 Å². The Morgan fingerprint density at radius 1 is 1.22 bits per heavy atom. The van der Waals surface area contributed by atoms with Crippen LogP contribution in [-0.2, 0) is 16.8 Å². The molecule has 23 heavy (non-hydrogen) atoms. The predicted molar refractivity (Wildman–Crippen MR) is 92.3 cm³/mol. The normalized spacial score (nSPS) is 17.4. The highest BCUT2D eigenvalue weighted by atomic mass is 16.1. The number of ketones is 1. The van der Waals surface area contributed by atoms with Crippen molar-refractivity contribution in [1.29, 1.82) is 0 Å². The molecule has 3 rings (SSSR count). The van der Waals surface area contributed by atoms with Crippen molar-refractivity contribution in [2.45, 2.75) is 32.7 Å². The maximum atomic E-state index is 12.5. The molecule has 2 heterocycles. The third-order valence-corrected chi connectivity index (χ3v) is 4.58. The fourth-order valence-corrected chi connectivity index (χ4v) is 3.39. The Bertz CT molecular complexity index is 790. The van der Waals surface area contributed by atoms with Gasteiger partial charge in [-0.15, -0.1) is 0 Å². The Hall–Kier alpha value is -2.42. The highest BCUT2D eigenvalue weighted by Crippen LogP contribution is 2.46. The summed E-state index contributed by atoms with van der Waals surface area (Å²) in [5.41, 5.74) is 4.50. The summed E-state index contributed by atoms with van der Waals surface area (Å²) in [5, 5.41) is 0. The van der Waals surface area contributed by atoms with E-state index in [2.05, 4.69) is 36.9 Å². The van der Waals surface area contributed by atoms with E-state index in [-0.39, 0.29) is 11.2 Å². The lowest BCUT2D eigenvalue weighted by molar-refractivity contribution is -0.684. The number of likely N-dealkylation sites (N-methyl/N-ethyl adjacent to an activating group) is 1. The van der Waals surface area contributed by atoms with Gasteiger partial charge in [0, 0.05) is 41.6 Å². The summed E-state index contributed by atoms with van der Waals surface area (Å²) in [6, 6.07) is 12.4. The molecular weight excluding hydrogens is 284 g/mol. The summed E-state index contributed by atoms with van der Waals surface area (Å²) in [4.78, 5) is 14.7. The topological polar surface area (TPSA) is 24.2 Å². The summed E-state index contributed by atoms with van der Waals surface area (Å²) in [7, 11) is 2.03. The van der Waals surface area contributed by atoms with Crippen molar-refractivity contribution in [3.8, 4) is 0 Å². The number of allylic oxidation sites excluding steroid dienone is 2. The van der Waals surface area contributed by atoms with Crippen molar-refractivity contribution in [2.75, 3.05) is 11.9 Å². The van der Waals surface area contributed by atoms with Crippen molar-refractivity contribution >= 4 is 11.5 Å². The number of pyridine rings is 1. The van der Waals surface area contributed by atoms with E-state index < -0.39 is 0 Å². The smallest absolute Gasteiger partial charge is 0.222 e. The van der Waals surface area contributed by atoms with E-state index >= 15 is 0 Å². The zero-order chi connectivity index (χ0) is 16.6. The molecule has 0 unspecified atom stereocenters. The average Bonchev–Trinajstić information content (AvgIpc) is 2.69. The number of hydrogen-bond donors (Lipinski definition) is 0. The van der Waals surface area contributed by atoms with Crippen LogP contribution in [0.15, 0.2) is 60.6 Å². The molecule has 1 aliphatic heterocycles. The number of fused-ring (bicyclic) bond motifs is 1. The van der Waals surface area contributed by atoms with Gasteiger partial charge in [-0.25, -0.2) is 0 Å². The summed E-state index contributed by atoms with van der Waals surface area (Å²) in [6.45, 7) is 6.75. The van der Waals surface area contributed by atoms with Gasteiger partial charge in [0.25, 0.3) is 0 Å². The Labute approximate surface area is 137 Å². The van der Waals surface area contributed by atoms with E-state index in [0.29, 0.717) is 6.54 Å². The van der Waals surface area contributed by atoms with E-state index in [1.165, 1.54) is 11.3 Å². The minimum atomic E-state index is -0.154. The Morgan fingerprint density at radius 3 is 2.65 bits per heavy atom. The molecule has 0 saturated carbocycles. The monoisotopic (exact) mass is 307 g/mol. The minimum absolute atomic E-state index is 0.114. The molecule has 2 aromatic rings. The molecule has 1 aromatic carbocycles. The van der Waals surface area contributed by atoms with E-state index in [1.807, 2.05) is 49.1 Å². The first-order valence-electron chi connectivity index (χ1n) is 7.93. The lowest BCUT2D eigenvalue weighted by Gasteiger charge is -2.23. The molecule has 3 nitrogen and oxygen atoms in total. The van der Waals surface area contributed by atoms with E-state index in [9.17, 15) is 4.79 Å². The molecule has 0 fully saturated rings. The minimum Gasteiger partial charge on any atom is -0.347 e. The van der Waals surface area contributed by atoms with E-state index in [1.54, 1.807) is 6.08 Å². The van der Waals surface area contributed by atoms with Gasteiger partial charge in [-0.2, -0.15) is 4.57 Å². The molecule has 1 aromatic heterocycles. The number of rotatable bonds is 3. The molecule has 0 radical (unpaired) electrons. The maximum absolute atomic E-state index is 12.5. The van der Waals surface area contributed by atoms with Crippen LogP contribution in [0.1, 0.15) is 25.0 Å². The quantitative estimate of drug-likeness (QED) is 0.642. The second-order valence-electron chi connectivity index (χ2n) is 6.75. The Morgan fingerprint density at radius 2 is 1.96 bits per heavy atom. The number of nitrogens with zero attached hydrogens (tertiary/aromatic N) is 2. The summed E-state index contributed by atoms with van der Waals surface area (Å²) < 4.78 is 1.93. The van der Waals surface area contributed by atoms with Crippen LogP contribution in [0.4, 0.5) is 5.69 Å². The first kappa shape index (κ1) is 15.5. The van der Waals surface area contributed by atoms with Gasteiger partial charge in [0.1, 0.15) is 0 Å². The maximum Gasteiger partial charge on any atom is 0.222 e. The number of hydrogen-bond acceptors (Lipinski definition) is 2. The zero-order valence-corrected chi connectivity index (χ0v) is 14.2. The number of benzene rings is 1. The molecule has 0 atom stereocenters. The molecule has 3 heteroatoms. The van der Waals surface area contributed by atoms with Crippen LogP contribution in [-0.4, -0.2) is 12.8 Å². The van der Waals surface area contributed by atoms with Crippen LogP contribution < -0.4 is 9.47 Å². The van der Waals surface area contributed by atoms with Gasteiger partial charge in [0.05, 0.1) is 0 Å². The highest BCUT2D eigenvalue weighted by Gasteiger charge is 2.38. The molecule has 0 aliphatic carbocycles. The Balaban J connectivity index is 1.89. The fraction of sp³-hybridized carbons (Fsp3) is 0.300.